The number of aromatic nitrogens is 2. The van der Waals surface area contributed by atoms with Crippen molar-refractivity contribution in [3.8, 4) is 5.69 Å². The summed E-state index contributed by atoms with van der Waals surface area (Å²) in [6.45, 7) is 4.15. The first-order valence-electron chi connectivity index (χ1n) is 9.27. The summed E-state index contributed by atoms with van der Waals surface area (Å²) in [5, 5.41) is 10.0. The van der Waals surface area contributed by atoms with E-state index in [0.29, 0.717) is 6.54 Å². The minimum atomic E-state index is -0.639. The fraction of sp³-hybridized carbons (Fsp3) is 0.286. The van der Waals surface area contributed by atoms with Gasteiger partial charge in [0.2, 0.25) is 5.91 Å². The average molecular weight is 380 g/mol. The van der Waals surface area contributed by atoms with Crippen LogP contribution >= 0.6 is 0 Å². The van der Waals surface area contributed by atoms with Crippen LogP contribution in [0.5, 0.6) is 0 Å². The van der Waals surface area contributed by atoms with Crippen molar-refractivity contribution < 1.29 is 14.0 Å². The highest BCUT2D eigenvalue weighted by Crippen LogP contribution is 2.13. The molecule has 3 rings (SSSR count). The molecule has 0 radical (unpaired) electrons. The van der Waals surface area contributed by atoms with Gasteiger partial charge in [0.15, 0.2) is 5.76 Å². The van der Waals surface area contributed by atoms with Crippen LogP contribution in [0.2, 0.25) is 0 Å². The molecule has 0 aliphatic carbocycles. The summed E-state index contributed by atoms with van der Waals surface area (Å²) in [5.41, 5.74) is 3.15. The van der Waals surface area contributed by atoms with Crippen LogP contribution in [0, 0.1) is 6.92 Å². The number of carbonyl (C=O) groups is 2. The predicted molar refractivity (Wildman–Crippen MR) is 105 cm³/mol. The number of benzene rings is 1. The molecule has 3 aromatic rings. The van der Waals surface area contributed by atoms with Crippen LogP contribution in [0.25, 0.3) is 5.69 Å². The van der Waals surface area contributed by atoms with Gasteiger partial charge in [0.1, 0.15) is 6.04 Å². The van der Waals surface area contributed by atoms with E-state index < -0.39 is 11.9 Å². The molecular formula is C21H24N4O3. The van der Waals surface area contributed by atoms with Crippen LogP contribution in [0.1, 0.15) is 35.2 Å². The molecule has 1 aromatic carbocycles. The Kier molecular flexibility index (Phi) is 6.26. The SMILES string of the molecule is Cc1nn(-c2ccccc2)cc1CCCNC(=O)C(C)NC(=O)c1ccco1. The molecular weight excluding hydrogens is 356 g/mol. The maximum absolute atomic E-state index is 12.1. The van der Waals surface area contributed by atoms with Gasteiger partial charge in [-0.2, -0.15) is 5.10 Å². The van der Waals surface area contributed by atoms with Crippen molar-refractivity contribution >= 4 is 11.8 Å². The van der Waals surface area contributed by atoms with Gasteiger partial charge < -0.3 is 15.1 Å². The fourth-order valence-corrected chi connectivity index (χ4v) is 2.84. The highest BCUT2D eigenvalue weighted by atomic mass is 16.3. The summed E-state index contributed by atoms with van der Waals surface area (Å²) in [6.07, 6.45) is 5.04. The zero-order chi connectivity index (χ0) is 19.9. The van der Waals surface area contributed by atoms with Gasteiger partial charge in [-0.05, 0) is 56.5 Å². The van der Waals surface area contributed by atoms with Crippen LogP contribution in [-0.2, 0) is 11.2 Å². The minimum Gasteiger partial charge on any atom is -0.459 e. The highest BCUT2D eigenvalue weighted by Gasteiger charge is 2.17. The number of amides is 2. The molecule has 146 valence electrons. The topological polar surface area (TPSA) is 89.2 Å². The summed E-state index contributed by atoms with van der Waals surface area (Å²) < 4.78 is 6.89. The Morgan fingerprint density at radius 1 is 1.18 bits per heavy atom. The Balaban J connectivity index is 1.43. The van der Waals surface area contributed by atoms with Gasteiger partial charge in [0.25, 0.3) is 5.91 Å². The predicted octanol–water partition coefficient (Wildman–Crippen LogP) is 2.64. The largest absolute Gasteiger partial charge is 0.459 e. The zero-order valence-corrected chi connectivity index (χ0v) is 16.0. The number of rotatable bonds is 8. The zero-order valence-electron chi connectivity index (χ0n) is 16.0. The van der Waals surface area contributed by atoms with Crippen LogP contribution in [0.3, 0.4) is 0 Å². The summed E-state index contributed by atoms with van der Waals surface area (Å²) in [6, 6.07) is 12.5. The molecule has 2 N–H and O–H groups in total. The molecule has 7 heteroatoms. The third-order valence-corrected chi connectivity index (χ3v) is 4.43. The lowest BCUT2D eigenvalue weighted by molar-refractivity contribution is -0.122. The number of hydrogen-bond donors (Lipinski definition) is 2. The van der Waals surface area contributed by atoms with Crippen LogP contribution < -0.4 is 10.6 Å². The van der Waals surface area contributed by atoms with Crippen molar-refractivity contribution in [2.45, 2.75) is 32.7 Å². The van der Waals surface area contributed by atoms with Crippen molar-refractivity contribution in [3.63, 3.8) is 0 Å². The number of furan rings is 1. The standard InChI is InChI=1S/C21H24N4O3/c1-15-17(14-25(24-15)18-9-4-3-5-10-18)8-6-12-22-20(26)16(2)23-21(27)19-11-7-13-28-19/h3-5,7,9-11,13-14,16H,6,8,12H2,1-2H3,(H,22,26)(H,23,27). The van der Waals surface area contributed by atoms with Crippen molar-refractivity contribution in [3.05, 3.63) is 71.9 Å². The van der Waals surface area contributed by atoms with E-state index in [4.69, 9.17) is 4.42 Å². The molecule has 2 heterocycles. The summed E-state index contributed by atoms with van der Waals surface area (Å²) in [7, 11) is 0. The molecule has 0 spiro atoms. The van der Waals surface area contributed by atoms with Crippen LogP contribution in [-0.4, -0.2) is 34.2 Å². The first kappa shape index (κ1) is 19.4. The third kappa shape index (κ3) is 4.88. The van der Waals surface area contributed by atoms with E-state index in [1.807, 2.05) is 48.1 Å². The van der Waals surface area contributed by atoms with Gasteiger partial charge in [-0.1, -0.05) is 18.2 Å². The third-order valence-electron chi connectivity index (χ3n) is 4.43. The Bertz CT molecular complexity index is 917. The van der Waals surface area contributed by atoms with Gasteiger partial charge in [0.05, 0.1) is 17.6 Å². The van der Waals surface area contributed by atoms with Gasteiger partial charge in [0, 0.05) is 12.7 Å². The van der Waals surface area contributed by atoms with E-state index in [-0.39, 0.29) is 11.7 Å². The average Bonchev–Trinajstić information content (AvgIpc) is 3.36. The first-order valence-corrected chi connectivity index (χ1v) is 9.27. The van der Waals surface area contributed by atoms with Gasteiger partial charge >= 0.3 is 0 Å². The van der Waals surface area contributed by atoms with Gasteiger partial charge in [-0.3, -0.25) is 9.59 Å². The van der Waals surface area contributed by atoms with Gasteiger partial charge in [-0.15, -0.1) is 0 Å². The lowest BCUT2D eigenvalue weighted by Gasteiger charge is -2.13. The molecule has 0 aliphatic rings. The lowest BCUT2D eigenvalue weighted by atomic mass is 10.1. The summed E-state index contributed by atoms with van der Waals surface area (Å²) in [5.74, 6) is -0.446. The van der Waals surface area contributed by atoms with Crippen molar-refractivity contribution in [1.29, 1.82) is 0 Å². The maximum atomic E-state index is 12.1. The normalized spacial score (nSPS) is 11.8. The molecule has 7 nitrogen and oxygen atoms in total. The molecule has 0 fully saturated rings. The van der Waals surface area contributed by atoms with E-state index in [2.05, 4.69) is 15.7 Å². The lowest BCUT2D eigenvalue weighted by Crippen LogP contribution is -2.45. The Hall–Kier alpha value is -3.35. The quantitative estimate of drug-likeness (QED) is 0.588. The molecule has 2 amide bonds. The number of hydrogen-bond acceptors (Lipinski definition) is 4. The van der Waals surface area contributed by atoms with Gasteiger partial charge in [-0.25, -0.2) is 4.68 Å². The number of nitrogens with zero attached hydrogens (tertiary/aromatic N) is 2. The van der Waals surface area contributed by atoms with Crippen molar-refractivity contribution in [2.75, 3.05) is 6.54 Å². The molecule has 0 bridgehead atoms. The number of nitrogens with one attached hydrogen (secondary N) is 2. The monoisotopic (exact) mass is 380 g/mol. The smallest absolute Gasteiger partial charge is 0.287 e. The molecule has 1 atom stereocenters. The second kappa shape index (κ2) is 9.03. The molecule has 0 saturated carbocycles. The number of aryl methyl sites for hydroxylation is 2. The first-order chi connectivity index (χ1) is 13.5. The van der Waals surface area contributed by atoms with Crippen LogP contribution in [0.15, 0.2) is 59.3 Å². The van der Waals surface area contributed by atoms with E-state index in [1.54, 1.807) is 19.1 Å². The fourth-order valence-electron chi connectivity index (χ4n) is 2.84. The summed E-state index contributed by atoms with van der Waals surface area (Å²) in [4.78, 5) is 24.0. The van der Waals surface area contributed by atoms with Crippen molar-refractivity contribution in [1.82, 2.24) is 20.4 Å². The number of carbonyl (C=O) groups excluding carboxylic acids is 2. The van der Waals surface area contributed by atoms with E-state index in [9.17, 15) is 9.59 Å². The highest BCUT2D eigenvalue weighted by molar-refractivity contribution is 5.95. The Morgan fingerprint density at radius 2 is 1.96 bits per heavy atom. The van der Waals surface area contributed by atoms with Crippen molar-refractivity contribution in [2.24, 2.45) is 0 Å². The second-order valence-corrected chi connectivity index (χ2v) is 6.59. The maximum Gasteiger partial charge on any atom is 0.287 e. The Labute approximate surface area is 163 Å². The van der Waals surface area contributed by atoms with E-state index in [0.717, 1.165) is 29.8 Å². The van der Waals surface area contributed by atoms with E-state index >= 15 is 0 Å². The molecule has 28 heavy (non-hydrogen) atoms. The second-order valence-electron chi connectivity index (χ2n) is 6.59. The molecule has 1 unspecified atom stereocenters. The molecule has 0 aliphatic heterocycles. The van der Waals surface area contributed by atoms with E-state index in [1.165, 1.54) is 6.26 Å². The molecule has 0 saturated heterocycles. The number of para-hydroxylation sites is 1. The summed E-state index contributed by atoms with van der Waals surface area (Å²) >= 11 is 0. The molecule has 2 aromatic heterocycles. The Morgan fingerprint density at radius 3 is 2.68 bits per heavy atom. The minimum absolute atomic E-state index is 0.186. The van der Waals surface area contributed by atoms with Crippen LogP contribution in [0.4, 0.5) is 0 Å².